The molecule has 7 heteroatoms. The lowest BCUT2D eigenvalue weighted by Gasteiger charge is -2.49. The molecule has 1 unspecified atom stereocenters. The number of nitrogens with two attached hydrogens (primary N) is 1. The number of aliphatic hydroxyl groups excluding tert-OH is 1. The Hall–Kier alpha value is -1.60. The molecule has 3 rings (SSSR count). The molecule has 2 saturated heterocycles. The van der Waals surface area contributed by atoms with E-state index in [1.807, 2.05) is 11.8 Å². The number of aliphatic hydroxyl groups is 1. The van der Waals surface area contributed by atoms with E-state index in [4.69, 9.17) is 5.73 Å². The van der Waals surface area contributed by atoms with Gasteiger partial charge in [-0.2, -0.15) is 0 Å². The van der Waals surface area contributed by atoms with E-state index in [0.29, 0.717) is 31.9 Å². The smallest absolute Gasteiger partial charge is 0.352 e. The first-order chi connectivity index (χ1) is 10.3. The molecule has 3 heterocycles. The maximum absolute atomic E-state index is 11.6. The average molecular weight is 309 g/mol. The third-order valence-electron chi connectivity index (χ3n) is 5.44. The molecule has 0 aromatic heterocycles. The second-order valence-corrected chi connectivity index (χ2v) is 6.81. The van der Waals surface area contributed by atoms with Gasteiger partial charge >= 0.3 is 5.97 Å². The highest BCUT2D eigenvalue weighted by atomic mass is 16.4. The molecule has 0 aromatic carbocycles. The van der Waals surface area contributed by atoms with Crippen molar-refractivity contribution in [3.8, 4) is 0 Å². The zero-order valence-corrected chi connectivity index (χ0v) is 12.9. The summed E-state index contributed by atoms with van der Waals surface area (Å²) in [4.78, 5) is 26.7. The molecule has 0 aromatic rings. The second-order valence-electron chi connectivity index (χ2n) is 6.81. The van der Waals surface area contributed by atoms with E-state index >= 15 is 0 Å². The zero-order chi connectivity index (χ0) is 16.2. The van der Waals surface area contributed by atoms with Gasteiger partial charge in [0.25, 0.3) is 0 Å². The van der Waals surface area contributed by atoms with Crippen LogP contribution in [-0.2, 0) is 9.59 Å². The van der Waals surface area contributed by atoms with Crippen LogP contribution in [0, 0.1) is 17.8 Å². The van der Waals surface area contributed by atoms with Gasteiger partial charge in [0, 0.05) is 44.1 Å². The third kappa shape index (κ3) is 2.19. The van der Waals surface area contributed by atoms with E-state index in [1.165, 1.54) is 0 Å². The van der Waals surface area contributed by atoms with Gasteiger partial charge in [0.2, 0.25) is 5.91 Å². The van der Waals surface area contributed by atoms with Crippen LogP contribution in [0.15, 0.2) is 11.3 Å². The van der Waals surface area contributed by atoms with Crippen molar-refractivity contribution >= 4 is 11.9 Å². The van der Waals surface area contributed by atoms with Crippen molar-refractivity contribution in [2.45, 2.75) is 26.0 Å². The number of aliphatic carboxylic acids is 1. The first-order valence-corrected chi connectivity index (χ1v) is 7.74. The number of carbonyl (C=O) groups is 2. The molecule has 2 fully saturated rings. The van der Waals surface area contributed by atoms with Crippen molar-refractivity contribution in [1.29, 1.82) is 0 Å². The quantitative estimate of drug-likeness (QED) is 0.606. The van der Waals surface area contributed by atoms with E-state index in [2.05, 4.69) is 4.90 Å². The fourth-order valence-corrected chi connectivity index (χ4v) is 4.07. The average Bonchev–Trinajstić information content (AvgIpc) is 2.51. The molecule has 122 valence electrons. The number of rotatable bonds is 5. The molecule has 3 aliphatic heterocycles. The van der Waals surface area contributed by atoms with E-state index in [0.717, 1.165) is 5.57 Å². The van der Waals surface area contributed by atoms with E-state index in [1.54, 1.807) is 6.92 Å². The minimum absolute atomic E-state index is 0.0781. The summed E-state index contributed by atoms with van der Waals surface area (Å²) in [6, 6.07) is 0.0781. The monoisotopic (exact) mass is 309 g/mol. The van der Waals surface area contributed by atoms with Crippen LogP contribution in [0.25, 0.3) is 0 Å². The number of carboxylic acid groups (broad SMARTS) is 1. The topological polar surface area (TPSA) is 107 Å². The lowest BCUT2D eigenvalue weighted by molar-refractivity contribution is -0.137. The van der Waals surface area contributed by atoms with E-state index < -0.39 is 12.1 Å². The SMILES string of the molecule is C[C@@H](O)C1CN2C(C(=O)O)=C(CN3CC(C(N)=O)C3)[C@H](C)[C@H]12. The largest absolute Gasteiger partial charge is 0.477 e. The fraction of sp³-hybridized carbons (Fsp3) is 0.733. The summed E-state index contributed by atoms with van der Waals surface area (Å²) in [7, 11) is 0. The van der Waals surface area contributed by atoms with Gasteiger partial charge in [-0.15, -0.1) is 0 Å². The molecule has 1 amide bonds. The van der Waals surface area contributed by atoms with Crippen LogP contribution in [-0.4, -0.2) is 70.2 Å². The van der Waals surface area contributed by atoms with Crippen LogP contribution in [0.4, 0.5) is 0 Å². The Balaban J connectivity index is 1.73. The minimum atomic E-state index is -0.902. The Morgan fingerprint density at radius 2 is 2.00 bits per heavy atom. The Labute approximate surface area is 129 Å². The minimum Gasteiger partial charge on any atom is -0.477 e. The zero-order valence-electron chi connectivity index (χ0n) is 12.9. The molecule has 4 N–H and O–H groups in total. The van der Waals surface area contributed by atoms with E-state index in [9.17, 15) is 19.8 Å². The number of nitrogens with zero attached hydrogens (tertiary/aromatic N) is 2. The molecule has 22 heavy (non-hydrogen) atoms. The number of likely N-dealkylation sites (tertiary alicyclic amines) is 1. The molecule has 0 bridgehead atoms. The summed E-state index contributed by atoms with van der Waals surface area (Å²) in [5, 5.41) is 19.4. The van der Waals surface area contributed by atoms with Gasteiger partial charge in [0.05, 0.1) is 12.0 Å². The second kappa shape index (κ2) is 5.24. The number of carboxylic acids is 1. The summed E-state index contributed by atoms with van der Waals surface area (Å²) in [5.74, 6) is -1.09. The number of hydrogen-bond acceptors (Lipinski definition) is 5. The summed E-state index contributed by atoms with van der Waals surface area (Å²) < 4.78 is 0. The molecule has 0 radical (unpaired) electrons. The molecule has 4 atom stereocenters. The van der Waals surface area contributed by atoms with Gasteiger partial charge in [-0.3, -0.25) is 9.69 Å². The van der Waals surface area contributed by atoms with Crippen LogP contribution in [0.5, 0.6) is 0 Å². The first-order valence-electron chi connectivity index (χ1n) is 7.74. The number of amides is 1. The number of primary amides is 1. The summed E-state index contributed by atoms with van der Waals surface area (Å²) >= 11 is 0. The van der Waals surface area contributed by atoms with Crippen LogP contribution < -0.4 is 5.73 Å². The van der Waals surface area contributed by atoms with Gasteiger partial charge in [-0.25, -0.2) is 4.79 Å². The fourth-order valence-electron chi connectivity index (χ4n) is 4.07. The normalized spacial score (nSPS) is 33.2. The number of fused-ring (bicyclic) bond motifs is 1. The van der Waals surface area contributed by atoms with Crippen LogP contribution in [0.1, 0.15) is 13.8 Å². The Morgan fingerprint density at radius 1 is 1.36 bits per heavy atom. The Bertz CT molecular complexity index is 539. The van der Waals surface area contributed by atoms with Gasteiger partial charge in [-0.05, 0) is 12.5 Å². The standard InChI is InChI=1S/C15H23N3O4/c1-7-10(5-17-3-9(4-17)14(16)20)13(15(21)22)18-6-11(8(2)19)12(7)18/h7-9,11-12,19H,3-6H2,1-2H3,(H2,16,20)(H,21,22)/t7-,8+,11?,12+/m0/s1. The molecular weight excluding hydrogens is 286 g/mol. The van der Waals surface area contributed by atoms with Crippen molar-refractivity contribution in [3.63, 3.8) is 0 Å². The number of carbonyl (C=O) groups excluding carboxylic acids is 1. The lowest BCUT2D eigenvalue weighted by atomic mass is 9.78. The van der Waals surface area contributed by atoms with Gasteiger partial charge in [-0.1, -0.05) is 6.92 Å². The molecular formula is C15H23N3O4. The third-order valence-corrected chi connectivity index (χ3v) is 5.44. The maximum Gasteiger partial charge on any atom is 0.352 e. The summed E-state index contributed by atoms with van der Waals surface area (Å²) in [5.41, 5.74) is 6.56. The summed E-state index contributed by atoms with van der Waals surface area (Å²) in [6.07, 6.45) is -0.429. The molecule has 7 nitrogen and oxygen atoms in total. The highest BCUT2D eigenvalue weighted by Gasteiger charge is 2.53. The van der Waals surface area contributed by atoms with Crippen LogP contribution in [0.3, 0.4) is 0 Å². The van der Waals surface area contributed by atoms with Gasteiger partial charge in [0.15, 0.2) is 0 Å². The predicted octanol–water partition coefficient (Wildman–Crippen LogP) is -0.927. The van der Waals surface area contributed by atoms with Crippen LogP contribution in [0.2, 0.25) is 0 Å². The Morgan fingerprint density at radius 3 is 2.50 bits per heavy atom. The van der Waals surface area contributed by atoms with Crippen LogP contribution >= 0.6 is 0 Å². The number of hydrogen-bond donors (Lipinski definition) is 3. The molecule has 0 saturated carbocycles. The highest BCUT2D eigenvalue weighted by Crippen LogP contribution is 2.46. The highest BCUT2D eigenvalue weighted by molar-refractivity contribution is 5.88. The van der Waals surface area contributed by atoms with Crippen molar-refractivity contribution in [2.75, 3.05) is 26.2 Å². The molecule has 0 spiro atoms. The molecule has 0 aliphatic carbocycles. The van der Waals surface area contributed by atoms with E-state index in [-0.39, 0.29) is 29.7 Å². The predicted molar refractivity (Wildman–Crippen MR) is 78.6 cm³/mol. The van der Waals surface area contributed by atoms with Crippen molar-refractivity contribution in [2.24, 2.45) is 23.5 Å². The van der Waals surface area contributed by atoms with Gasteiger partial charge in [0.1, 0.15) is 5.70 Å². The Kier molecular flexibility index (Phi) is 3.65. The van der Waals surface area contributed by atoms with Crippen molar-refractivity contribution < 1.29 is 19.8 Å². The first kappa shape index (κ1) is 15.3. The van der Waals surface area contributed by atoms with Crippen molar-refractivity contribution in [3.05, 3.63) is 11.3 Å². The maximum atomic E-state index is 11.6. The van der Waals surface area contributed by atoms with Crippen molar-refractivity contribution in [1.82, 2.24) is 9.80 Å². The lowest BCUT2D eigenvalue weighted by Crippen LogP contribution is -2.59. The summed E-state index contributed by atoms with van der Waals surface area (Å²) in [6.45, 7) is 6.16. The molecule has 3 aliphatic rings. The van der Waals surface area contributed by atoms with Gasteiger partial charge < -0.3 is 20.8 Å².